The van der Waals surface area contributed by atoms with Crippen molar-refractivity contribution in [3.8, 4) is 0 Å². The van der Waals surface area contributed by atoms with Crippen LogP contribution in [0.25, 0.3) is 0 Å². The lowest BCUT2D eigenvalue weighted by molar-refractivity contribution is 0.101. The Hall–Kier alpha value is -0.200. The van der Waals surface area contributed by atoms with Crippen LogP contribution >= 0.6 is 0 Å². The van der Waals surface area contributed by atoms with Gasteiger partial charge in [0.1, 0.15) is 0 Å². The average molecular weight is 376 g/mol. The zero-order valence-corrected chi connectivity index (χ0v) is 17.3. The van der Waals surface area contributed by atoms with Gasteiger partial charge in [0.15, 0.2) is 0 Å². The molecule has 5 heterocycles. The monoisotopic (exact) mass is 375 g/mol. The van der Waals surface area contributed by atoms with Crippen LogP contribution in [-0.2, 0) is 0 Å². The van der Waals surface area contributed by atoms with Gasteiger partial charge < -0.3 is 10.2 Å². The summed E-state index contributed by atoms with van der Waals surface area (Å²) in [6, 6.07) is 2.48. The molecule has 4 atom stereocenters. The summed E-state index contributed by atoms with van der Waals surface area (Å²) in [4.78, 5) is 11.3. The maximum Gasteiger partial charge on any atom is 0.0262 e. The van der Waals surface area contributed by atoms with E-state index in [1.54, 1.807) is 0 Å². The predicted octanol–water partition coefficient (Wildman–Crippen LogP) is 1.30. The number of nitrogens with one attached hydrogen (secondary N) is 1. The summed E-state index contributed by atoms with van der Waals surface area (Å²) in [5, 5.41) is 3.72. The van der Waals surface area contributed by atoms with Crippen LogP contribution in [-0.4, -0.2) is 110 Å². The molecule has 27 heavy (non-hydrogen) atoms. The molecule has 5 fully saturated rings. The van der Waals surface area contributed by atoms with Gasteiger partial charge in [0.25, 0.3) is 0 Å². The van der Waals surface area contributed by atoms with Gasteiger partial charge in [-0.3, -0.25) is 14.7 Å². The Balaban J connectivity index is 1.15. The third-order valence-corrected chi connectivity index (χ3v) is 8.31. The molecule has 154 valence electrons. The average Bonchev–Trinajstić information content (AvgIpc) is 3.49. The Morgan fingerprint density at radius 3 is 2.07 bits per heavy atom. The van der Waals surface area contributed by atoms with Gasteiger partial charge >= 0.3 is 0 Å². The van der Waals surface area contributed by atoms with Crippen LogP contribution in [0.4, 0.5) is 0 Å². The quantitative estimate of drug-likeness (QED) is 0.781. The number of rotatable bonds is 5. The number of hydrogen-bond donors (Lipinski definition) is 1. The molecule has 5 aliphatic heterocycles. The Labute approximate surface area is 166 Å². The third-order valence-electron chi connectivity index (χ3n) is 8.31. The van der Waals surface area contributed by atoms with E-state index in [1.807, 2.05) is 0 Å². The molecule has 0 saturated carbocycles. The molecule has 1 N–H and O–H groups in total. The SMILES string of the molecule is C1CCN(C2CCN(CC3CCNCC3N3CCC(N4CCCC4)C3)C2)C1. The third kappa shape index (κ3) is 4.23. The van der Waals surface area contributed by atoms with Crippen LogP contribution < -0.4 is 5.32 Å². The molecule has 0 radical (unpaired) electrons. The smallest absolute Gasteiger partial charge is 0.0262 e. The van der Waals surface area contributed by atoms with Gasteiger partial charge in [0, 0.05) is 50.8 Å². The Morgan fingerprint density at radius 2 is 1.33 bits per heavy atom. The van der Waals surface area contributed by atoms with Gasteiger partial charge in [-0.2, -0.15) is 0 Å². The summed E-state index contributed by atoms with van der Waals surface area (Å²) < 4.78 is 0. The van der Waals surface area contributed by atoms with Crippen molar-refractivity contribution in [1.29, 1.82) is 0 Å². The molecule has 0 amide bonds. The second-order valence-corrected chi connectivity index (χ2v) is 9.95. The summed E-state index contributed by atoms with van der Waals surface area (Å²) in [5.74, 6) is 0.876. The van der Waals surface area contributed by atoms with E-state index in [-0.39, 0.29) is 0 Å². The highest BCUT2D eigenvalue weighted by Crippen LogP contribution is 2.28. The molecule has 5 saturated heterocycles. The molecule has 0 aliphatic carbocycles. The lowest BCUT2D eigenvalue weighted by atomic mass is 9.91. The highest BCUT2D eigenvalue weighted by atomic mass is 15.3. The minimum absolute atomic E-state index is 0.775. The number of hydrogen-bond acceptors (Lipinski definition) is 5. The number of likely N-dealkylation sites (tertiary alicyclic amines) is 4. The first-order valence-corrected chi connectivity index (χ1v) is 12.0. The first-order chi connectivity index (χ1) is 13.4. The fourth-order valence-corrected chi connectivity index (χ4v) is 6.73. The summed E-state index contributed by atoms with van der Waals surface area (Å²) in [6.45, 7) is 14.6. The fraction of sp³-hybridized carbons (Fsp3) is 1.00. The van der Waals surface area contributed by atoms with Crippen molar-refractivity contribution in [2.45, 2.75) is 63.1 Å². The molecule has 5 rings (SSSR count). The van der Waals surface area contributed by atoms with Crippen molar-refractivity contribution in [1.82, 2.24) is 24.9 Å². The lowest BCUT2D eigenvalue weighted by Gasteiger charge is -2.40. The summed E-state index contributed by atoms with van der Waals surface area (Å²) in [5.41, 5.74) is 0. The van der Waals surface area contributed by atoms with E-state index in [4.69, 9.17) is 0 Å². The van der Waals surface area contributed by atoms with Crippen molar-refractivity contribution in [3.05, 3.63) is 0 Å². The van der Waals surface area contributed by atoms with Crippen molar-refractivity contribution < 1.29 is 0 Å². The van der Waals surface area contributed by atoms with E-state index in [2.05, 4.69) is 24.9 Å². The van der Waals surface area contributed by atoms with Crippen LogP contribution in [0, 0.1) is 5.92 Å². The molecule has 5 nitrogen and oxygen atoms in total. The van der Waals surface area contributed by atoms with E-state index in [1.165, 1.54) is 117 Å². The molecular weight excluding hydrogens is 334 g/mol. The second-order valence-electron chi connectivity index (χ2n) is 9.95. The van der Waals surface area contributed by atoms with Gasteiger partial charge in [0.05, 0.1) is 0 Å². The van der Waals surface area contributed by atoms with Gasteiger partial charge in [-0.15, -0.1) is 0 Å². The summed E-state index contributed by atoms with van der Waals surface area (Å²) in [7, 11) is 0. The Bertz CT molecular complexity index is 473. The number of nitrogens with zero attached hydrogens (tertiary/aromatic N) is 4. The summed E-state index contributed by atoms with van der Waals surface area (Å²) >= 11 is 0. The Morgan fingerprint density at radius 1 is 0.667 bits per heavy atom. The lowest BCUT2D eigenvalue weighted by Crippen LogP contribution is -2.54. The van der Waals surface area contributed by atoms with Crippen LogP contribution in [0.5, 0.6) is 0 Å². The van der Waals surface area contributed by atoms with Crippen LogP contribution in [0.3, 0.4) is 0 Å². The molecule has 0 aromatic heterocycles. The highest BCUT2D eigenvalue weighted by molar-refractivity contribution is 4.95. The van der Waals surface area contributed by atoms with Crippen LogP contribution in [0.15, 0.2) is 0 Å². The van der Waals surface area contributed by atoms with Gasteiger partial charge in [-0.05, 0) is 90.1 Å². The maximum absolute atomic E-state index is 3.72. The zero-order chi connectivity index (χ0) is 18.1. The molecule has 4 unspecified atom stereocenters. The zero-order valence-electron chi connectivity index (χ0n) is 17.3. The molecule has 0 spiro atoms. The standard InChI is InChI=1S/C22H41N5/c1-2-10-25(9-1)20-6-13-24(17-20)16-19-5-8-23-15-22(19)27-14-7-21(18-27)26-11-3-4-12-26/h19-23H,1-18H2. The van der Waals surface area contributed by atoms with E-state index in [0.29, 0.717) is 0 Å². The molecule has 0 aromatic carbocycles. The van der Waals surface area contributed by atoms with Crippen LogP contribution in [0.2, 0.25) is 0 Å². The largest absolute Gasteiger partial charge is 0.315 e. The van der Waals surface area contributed by atoms with Gasteiger partial charge in [0.2, 0.25) is 0 Å². The van der Waals surface area contributed by atoms with E-state index >= 15 is 0 Å². The van der Waals surface area contributed by atoms with E-state index < -0.39 is 0 Å². The van der Waals surface area contributed by atoms with E-state index in [9.17, 15) is 0 Å². The highest BCUT2D eigenvalue weighted by Gasteiger charge is 2.38. The predicted molar refractivity (Wildman–Crippen MR) is 111 cm³/mol. The summed E-state index contributed by atoms with van der Waals surface area (Å²) in [6.07, 6.45) is 9.91. The minimum Gasteiger partial charge on any atom is -0.315 e. The topological polar surface area (TPSA) is 25.0 Å². The number of piperidine rings is 1. The van der Waals surface area contributed by atoms with Crippen molar-refractivity contribution in [2.75, 3.05) is 72.0 Å². The normalized spacial score (nSPS) is 40.4. The van der Waals surface area contributed by atoms with E-state index in [0.717, 1.165) is 24.0 Å². The van der Waals surface area contributed by atoms with Crippen molar-refractivity contribution in [3.63, 3.8) is 0 Å². The minimum atomic E-state index is 0.775. The second kappa shape index (κ2) is 8.66. The first-order valence-electron chi connectivity index (χ1n) is 12.0. The Kier molecular flexibility index (Phi) is 6.03. The maximum atomic E-state index is 3.72. The first kappa shape index (κ1) is 18.8. The van der Waals surface area contributed by atoms with Crippen molar-refractivity contribution in [2.24, 2.45) is 5.92 Å². The molecule has 0 aromatic rings. The van der Waals surface area contributed by atoms with Crippen LogP contribution in [0.1, 0.15) is 44.9 Å². The van der Waals surface area contributed by atoms with Gasteiger partial charge in [-0.25, -0.2) is 0 Å². The molecular formula is C22H41N5. The molecule has 0 bridgehead atoms. The molecule has 5 aliphatic rings. The van der Waals surface area contributed by atoms with Crippen molar-refractivity contribution >= 4 is 0 Å². The fourth-order valence-electron chi connectivity index (χ4n) is 6.73. The van der Waals surface area contributed by atoms with Gasteiger partial charge in [-0.1, -0.05) is 0 Å². The molecule has 5 heteroatoms.